The Morgan fingerprint density at radius 2 is 2.46 bits per heavy atom. The molecule has 1 aromatic heterocycles. The van der Waals surface area contributed by atoms with E-state index in [1.165, 1.54) is 29.8 Å². The van der Waals surface area contributed by atoms with Crippen LogP contribution in [0.15, 0.2) is 5.51 Å². The molecule has 0 saturated heterocycles. The third-order valence-electron chi connectivity index (χ3n) is 2.35. The van der Waals surface area contributed by atoms with E-state index in [9.17, 15) is 0 Å². The van der Waals surface area contributed by atoms with Crippen LogP contribution in [0.25, 0.3) is 0 Å². The van der Waals surface area contributed by atoms with Crippen molar-refractivity contribution in [2.75, 3.05) is 6.54 Å². The molecule has 0 amide bonds. The molecular weight excluding hydrogens is 180 g/mol. The maximum atomic E-state index is 4.44. The molecule has 1 fully saturated rings. The van der Waals surface area contributed by atoms with Crippen molar-refractivity contribution in [2.24, 2.45) is 0 Å². The van der Waals surface area contributed by atoms with E-state index >= 15 is 0 Å². The SMILES string of the molecule is CCCNCc1scnc1C1CC1. The number of nitrogens with zero attached hydrogens (tertiary/aromatic N) is 1. The second kappa shape index (κ2) is 4.20. The molecule has 0 spiro atoms. The molecule has 2 rings (SSSR count). The molecule has 72 valence electrons. The smallest absolute Gasteiger partial charge is 0.0798 e. The van der Waals surface area contributed by atoms with Crippen LogP contribution in [0.5, 0.6) is 0 Å². The van der Waals surface area contributed by atoms with Crippen LogP contribution in [0.2, 0.25) is 0 Å². The summed E-state index contributed by atoms with van der Waals surface area (Å²) in [5, 5.41) is 3.43. The van der Waals surface area contributed by atoms with Gasteiger partial charge in [0.1, 0.15) is 0 Å². The molecular formula is C10H16N2S. The van der Waals surface area contributed by atoms with Crippen molar-refractivity contribution < 1.29 is 0 Å². The highest BCUT2D eigenvalue weighted by Gasteiger charge is 2.27. The van der Waals surface area contributed by atoms with Gasteiger partial charge in [-0.1, -0.05) is 6.92 Å². The number of thiazole rings is 1. The van der Waals surface area contributed by atoms with Gasteiger partial charge in [-0.15, -0.1) is 11.3 Å². The zero-order valence-corrected chi connectivity index (χ0v) is 8.86. The summed E-state index contributed by atoms with van der Waals surface area (Å²) in [6.45, 7) is 4.33. The monoisotopic (exact) mass is 196 g/mol. The zero-order valence-electron chi connectivity index (χ0n) is 8.05. The van der Waals surface area contributed by atoms with Gasteiger partial charge in [0, 0.05) is 17.3 Å². The summed E-state index contributed by atoms with van der Waals surface area (Å²) in [6, 6.07) is 0. The Hall–Kier alpha value is -0.410. The Bertz CT molecular complexity index is 266. The lowest BCUT2D eigenvalue weighted by molar-refractivity contribution is 0.676. The van der Waals surface area contributed by atoms with Gasteiger partial charge in [-0.05, 0) is 25.8 Å². The van der Waals surface area contributed by atoms with Gasteiger partial charge in [0.2, 0.25) is 0 Å². The standard InChI is InChI=1S/C10H16N2S/c1-2-5-11-6-9-10(8-3-4-8)12-7-13-9/h7-8,11H,2-6H2,1H3. The third-order valence-corrected chi connectivity index (χ3v) is 3.20. The first-order chi connectivity index (χ1) is 6.42. The molecule has 0 aliphatic heterocycles. The van der Waals surface area contributed by atoms with E-state index < -0.39 is 0 Å². The van der Waals surface area contributed by atoms with Gasteiger partial charge in [0.25, 0.3) is 0 Å². The quantitative estimate of drug-likeness (QED) is 0.732. The summed E-state index contributed by atoms with van der Waals surface area (Å²) in [5.74, 6) is 0.796. The number of hydrogen-bond acceptors (Lipinski definition) is 3. The maximum Gasteiger partial charge on any atom is 0.0798 e. The molecule has 1 N–H and O–H groups in total. The minimum atomic E-state index is 0.796. The first kappa shape index (κ1) is 9.16. The molecule has 0 unspecified atom stereocenters. The Morgan fingerprint density at radius 3 is 3.15 bits per heavy atom. The minimum Gasteiger partial charge on any atom is -0.312 e. The summed E-state index contributed by atoms with van der Waals surface area (Å²) < 4.78 is 0. The number of rotatable bonds is 5. The fourth-order valence-electron chi connectivity index (χ4n) is 1.48. The van der Waals surface area contributed by atoms with E-state index in [0.717, 1.165) is 19.0 Å². The fraction of sp³-hybridized carbons (Fsp3) is 0.700. The lowest BCUT2D eigenvalue weighted by atomic mass is 10.2. The first-order valence-corrected chi connectivity index (χ1v) is 5.92. The predicted octanol–water partition coefficient (Wildman–Crippen LogP) is 2.52. The van der Waals surface area contributed by atoms with Crippen molar-refractivity contribution in [1.82, 2.24) is 10.3 Å². The highest BCUT2D eigenvalue weighted by Crippen LogP contribution is 2.41. The average molecular weight is 196 g/mol. The maximum absolute atomic E-state index is 4.44. The molecule has 2 nitrogen and oxygen atoms in total. The van der Waals surface area contributed by atoms with Crippen LogP contribution >= 0.6 is 11.3 Å². The van der Waals surface area contributed by atoms with Crippen molar-refractivity contribution in [2.45, 2.75) is 38.6 Å². The number of aromatic nitrogens is 1. The second-order valence-electron chi connectivity index (χ2n) is 3.61. The van der Waals surface area contributed by atoms with Gasteiger partial charge in [0.15, 0.2) is 0 Å². The van der Waals surface area contributed by atoms with Crippen LogP contribution in [0, 0.1) is 0 Å². The summed E-state index contributed by atoms with van der Waals surface area (Å²) in [7, 11) is 0. The summed E-state index contributed by atoms with van der Waals surface area (Å²) in [5.41, 5.74) is 3.35. The van der Waals surface area contributed by atoms with Crippen LogP contribution in [-0.4, -0.2) is 11.5 Å². The molecule has 1 aliphatic rings. The normalized spacial score (nSPS) is 16.4. The Balaban J connectivity index is 1.90. The highest BCUT2D eigenvalue weighted by atomic mass is 32.1. The van der Waals surface area contributed by atoms with E-state index in [4.69, 9.17) is 0 Å². The van der Waals surface area contributed by atoms with Crippen molar-refractivity contribution in [3.63, 3.8) is 0 Å². The molecule has 1 heterocycles. The Labute approximate surface area is 83.4 Å². The molecule has 0 radical (unpaired) electrons. The molecule has 1 aliphatic carbocycles. The highest BCUT2D eigenvalue weighted by molar-refractivity contribution is 7.09. The van der Waals surface area contributed by atoms with Crippen molar-refractivity contribution in [1.29, 1.82) is 0 Å². The summed E-state index contributed by atoms with van der Waals surface area (Å²) in [4.78, 5) is 5.89. The number of nitrogens with one attached hydrogen (secondary N) is 1. The topological polar surface area (TPSA) is 24.9 Å². The summed E-state index contributed by atoms with van der Waals surface area (Å²) in [6.07, 6.45) is 3.91. The van der Waals surface area contributed by atoms with Gasteiger partial charge < -0.3 is 5.32 Å². The molecule has 13 heavy (non-hydrogen) atoms. The van der Waals surface area contributed by atoms with E-state index in [-0.39, 0.29) is 0 Å². The average Bonchev–Trinajstić information content (AvgIpc) is 2.88. The predicted molar refractivity (Wildman–Crippen MR) is 56.1 cm³/mol. The lowest BCUT2D eigenvalue weighted by Crippen LogP contribution is -2.13. The van der Waals surface area contributed by atoms with Gasteiger partial charge >= 0.3 is 0 Å². The molecule has 0 bridgehead atoms. The van der Waals surface area contributed by atoms with E-state index in [1.54, 1.807) is 11.3 Å². The van der Waals surface area contributed by atoms with E-state index in [0.29, 0.717) is 0 Å². The first-order valence-electron chi connectivity index (χ1n) is 5.04. The van der Waals surface area contributed by atoms with Crippen LogP contribution in [0.1, 0.15) is 42.7 Å². The van der Waals surface area contributed by atoms with Gasteiger partial charge in [-0.25, -0.2) is 4.98 Å². The van der Waals surface area contributed by atoms with Gasteiger partial charge in [-0.2, -0.15) is 0 Å². The van der Waals surface area contributed by atoms with Crippen molar-refractivity contribution in [3.8, 4) is 0 Å². The zero-order chi connectivity index (χ0) is 9.10. The third kappa shape index (κ3) is 2.29. The van der Waals surface area contributed by atoms with Crippen molar-refractivity contribution in [3.05, 3.63) is 16.1 Å². The van der Waals surface area contributed by atoms with Crippen LogP contribution in [0.3, 0.4) is 0 Å². The van der Waals surface area contributed by atoms with Crippen molar-refractivity contribution >= 4 is 11.3 Å². The van der Waals surface area contributed by atoms with Gasteiger partial charge in [-0.3, -0.25) is 0 Å². The summed E-state index contributed by atoms with van der Waals surface area (Å²) >= 11 is 1.79. The van der Waals surface area contributed by atoms with Gasteiger partial charge in [0.05, 0.1) is 11.2 Å². The lowest BCUT2D eigenvalue weighted by Gasteiger charge is -2.01. The largest absolute Gasteiger partial charge is 0.312 e. The molecule has 3 heteroatoms. The fourth-order valence-corrected chi connectivity index (χ4v) is 2.30. The number of hydrogen-bond donors (Lipinski definition) is 1. The van der Waals surface area contributed by atoms with E-state index in [1.807, 2.05) is 5.51 Å². The van der Waals surface area contributed by atoms with Crippen LogP contribution in [-0.2, 0) is 6.54 Å². The molecule has 1 aromatic rings. The van der Waals surface area contributed by atoms with Crippen LogP contribution < -0.4 is 5.32 Å². The molecule has 1 saturated carbocycles. The van der Waals surface area contributed by atoms with Crippen LogP contribution in [0.4, 0.5) is 0 Å². The molecule has 0 atom stereocenters. The second-order valence-corrected chi connectivity index (χ2v) is 4.55. The Morgan fingerprint density at radius 1 is 1.62 bits per heavy atom. The van der Waals surface area contributed by atoms with E-state index in [2.05, 4.69) is 17.2 Å². The Kier molecular flexibility index (Phi) is 2.96. The minimum absolute atomic E-state index is 0.796. The molecule has 0 aromatic carbocycles.